The maximum atomic E-state index is 5.67. The van der Waals surface area contributed by atoms with Crippen molar-refractivity contribution in [3.05, 3.63) is 54.1 Å². The number of fused-ring (bicyclic) bond motifs is 1. The van der Waals surface area contributed by atoms with Crippen molar-refractivity contribution in [2.75, 3.05) is 36.5 Å². The van der Waals surface area contributed by atoms with Crippen LogP contribution in [0.5, 0.6) is 5.75 Å². The summed E-state index contributed by atoms with van der Waals surface area (Å²) in [6.45, 7) is 5.73. The van der Waals surface area contributed by atoms with Crippen molar-refractivity contribution in [1.82, 2.24) is 0 Å². The molecule has 1 N–H and O–H groups in total. The van der Waals surface area contributed by atoms with Crippen LogP contribution in [0.25, 0.3) is 0 Å². The molecule has 2 aromatic carbocycles. The van der Waals surface area contributed by atoms with Gasteiger partial charge in [-0.25, -0.2) is 0 Å². The molecule has 0 fully saturated rings. The lowest BCUT2D eigenvalue weighted by atomic mass is 10.2. The van der Waals surface area contributed by atoms with Gasteiger partial charge in [-0.2, -0.15) is 0 Å². The molecule has 3 rings (SSSR count). The smallest absolute Gasteiger partial charge is 0.142 e. The molecule has 3 nitrogen and oxygen atoms in total. The van der Waals surface area contributed by atoms with E-state index in [0.717, 1.165) is 32.0 Å². The number of ether oxygens (including phenoxy) is 1. The van der Waals surface area contributed by atoms with Crippen LogP contribution in [-0.2, 0) is 0 Å². The number of benzene rings is 2. The lowest BCUT2D eigenvalue weighted by molar-refractivity contribution is 0.308. The van der Waals surface area contributed by atoms with Crippen LogP contribution in [0, 0.1) is 6.92 Å². The first-order valence-corrected chi connectivity index (χ1v) is 7.10. The standard InChI is InChI=1S/C17H20N2O/c1-14-6-8-15(9-7-14)18-10-11-19-12-13-20-17-5-3-2-4-16(17)19/h2-9,18H,10-13H2,1H3. The fourth-order valence-corrected chi connectivity index (χ4v) is 2.47. The van der Waals surface area contributed by atoms with Crippen LogP contribution in [0.3, 0.4) is 0 Å². The second-order valence-electron chi connectivity index (χ2n) is 5.10. The van der Waals surface area contributed by atoms with Gasteiger partial charge in [0.1, 0.15) is 12.4 Å². The molecule has 2 aromatic rings. The van der Waals surface area contributed by atoms with Gasteiger partial charge in [0.05, 0.1) is 12.2 Å². The van der Waals surface area contributed by atoms with E-state index < -0.39 is 0 Å². The van der Waals surface area contributed by atoms with Gasteiger partial charge in [0, 0.05) is 18.8 Å². The van der Waals surface area contributed by atoms with E-state index >= 15 is 0 Å². The fraction of sp³-hybridized carbons (Fsp3) is 0.294. The highest BCUT2D eigenvalue weighted by atomic mass is 16.5. The Morgan fingerprint density at radius 2 is 1.90 bits per heavy atom. The molecular weight excluding hydrogens is 248 g/mol. The molecule has 0 spiro atoms. The Labute approximate surface area is 120 Å². The summed E-state index contributed by atoms with van der Waals surface area (Å²) < 4.78 is 5.67. The van der Waals surface area contributed by atoms with Gasteiger partial charge < -0.3 is 15.0 Å². The number of aryl methyl sites for hydroxylation is 1. The van der Waals surface area contributed by atoms with E-state index in [9.17, 15) is 0 Å². The second-order valence-corrected chi connectivity index (χ2v) is 5.10. The highest BCUT2D eigenvalue weighted by Crippen LogP contribution is 2.30. The zero-order valence-electron chi connectivity index (χ0n) is 11.8. The van der Waals surface area contributed by atoms with Crippen molar-refractivity contribution in [2.24, 2.45) is 0 Å². The molecular formula is C17H20N2O. The van der Waals surface area contributed by atoms with E-state index in [-0.39, 0.29) is 0 Å². The van der Waals surface area contributed by atoms with E-state index in [2.05, 4.69) is 53.5 Å². The van der Waals surface area contributed by atoms with E-state index in [0.29, 0.717) is 0 Å². The van der Waals surface area contributed by atoms with Crippen molar-refractivity contribution in [3.63, 3.8) is 0 Å². The van der Waals surface area contributed by atoms with Crippen LogP contribution in [0.15, 0.2) is 48.5 Å². The first-order valence-electron chi connectivity index (χ1n) is 7.10. The maximum Gasteiger partial charge on any atom is 0.142 e. The lowest BCUT2D eigenvalue weighted by Gasteiger charge is -2.31. The molecule has 0 amide bonds. The molecule has 104 valence electrons. The van der Waals surface area contributed by atoms with E-state index in [4.69, 9.17) is 4.74 Å². The molecule has 1 aliphatic rings. The number of nitrogens with one attached hydrogen (secondary N) is 1. The summed E-state index contributed by atoms with van der Waals surface area (Å²) in [5.74, 6) is 0.995. The van der Waals surface area contributed by atoms with Crippen LogP contribution < -0.4 is 15.0 Å². The van der Waals surface area contributed by atoms with E-state index in [1.54, 1.807) is 0 Å². The summed E-state index contributed by atoms with van der Waals surface area (Å²) in [5, 5.41) is 3.47. The number of anilines is 2. The number of para-hydroxylation sites is 2. The summed E-state index contributed by atoms with van der Waals surface area (Å²) in [6, 6.07) is 16.8. The molecule has 1 heterocycles. The Kier molecular flexibility index (Phi) is 3.77. The predicted octanol–water partition coefficient (Wildman–Crippen LogP) is 3.31. The molecule has 1 aliphatic heterocycles. The quantitative estimate of drug-likeness (QED) is 0.920. The molecule has 3 heteroatoms. The lowest BCUT2D eigenvalue weighted by Crippen LogP contribution is -2.36. The molecule has 0 radical (unpaired) electrons. The highest BCUT2D eigenvalue weighted by molar-refractivity contribution is 5.59. The van der Waals surface area contributed by atoms with Gasteiger partial charge in [0.15, 0.2) is 0 Å². The van der Waals surface area contributed by atoms with Gasteiger partial charge in [-0.05, 0) is 31.2 Å². The Bertz CT molecular complexity index is 565. The van der Waals surface area contributed by atoms with Crippen molar-refractivity contribution in [2.45, 2.75) is 6.92 Å². The average molecular weight is 268 g/mol. The third-order valence-electron chi connectivity index (χ3n) is 3.59. The maximum absolute atomic E-state index is 5.67. The van der Waals surface area contributed by atoms with Gasteiger partial charge in [-0.1, -0.05) is 29.8 Å². The molecule has 0 bridgehead atoms. The SMILES string of the molecule is Cc1ccc(NCCN2CCOc3ccccc32)cc1. The first kappa shape index (κ1) is 12.9. The Morgan fingerprint density at radius 1 is 1.10 bits per heavy atom. The Balaban J connectivity index is 1.58. The summed E-state index contributed by atoms with van der Waals surface area (Å²) in [4.78, 5) is 2.38. The number of nitrogens with zero attached hydrogens (tertiary/aromatic N) is 1. The fourth-order valence-electron chi connectivity index (χ4n) is 2.47. The van der Waals surface area contributed by atoms with Gasteiger partial charge in [0.2, 0.25) is 0 Å². The van der Waals surface area contributed by atoms with E-state index in [1.807, 2.05) is 12.1 Å². The minimum Gasteiger partial charge on any atom is -0.490 e. The van der Waals surface area contributed by atoms with Crippen molar-refractivity contribution < 1.29 is 4.74 Å². The van der Waals surface area contributed by atoms with Gasteiger partial charge >= 0.3 is 0 Å². The molecule has 0 aromatic heterocycles. The molecule has 0 aliphatic carbocycles. The summed E-state index contributed by atoms with van der Waals surface area (Å²) >= 11 is 0. The minimum absolute atomic E-state index is 0.765. The zero-order chi connectivity index (χ0) is 13.8. The second kappa shape index (κ2) is 5.87. The van der Waals surface area contributed by atoms with Crippen LogP contribution in [0.1, 0.15) is 5.56 Å². The van der Waals surface area contributed by atoms with Crippen molar-refractivity contribution in [1.29, 1.82) is 0 Å². The largest absolute Gasteiger partial charge is 0.490 e. The summed E-state index contributed by atoms with van der Waals surface area (Å²) in [5.41, 5.74) is 3.67. The van der Waals surface area contributed by atoms with Gasteiger partial charge in [0.25, 0.3) is 0 Å². The third-order valence-corrected chi connectivity index (χ3v) is 3.59. The molecule has 0 saturated heterocycles. The Morgan fingerprint density at radius 3 is 2.75 bits per heavy atom. The van der Waals surface area contributed by atoms with E-state index in [1.165, 1.54) is 16.9 Å². The molecule has 0 atom stereocenters. The minimum atomic E-state index is 0.765. The number of hydrogen-bond acceptors (Lipinski definition) is 3. The normalized spacial score (nSPS) is 13.6. The van der Waals surface area contributed by atoms with Crippen molar-refractivity contribution in [3.8, 4) is 5.75 Å². The van der Waals surface area contributed by atoms with Crippen molar-refractivity contribution >= 4 is 11.4 Å². The van der Waals surface area contributed by atoms with Crippen LogP contribution in [-0.4, -0.2) is 26.2 Å². The average Bonchev–Trinajstić information content (AvgIpc) is 2.49. The third kappa shape index (κ3) is 2.87. The molecule has 0 saturated carbocycles. The van der Waals surface area contributed by atoms with Crippen LogP contribution in [0.2, 0.25) is 0 Å². The predicted molar refractivity (Wildman–Crippen MR) is 83.8 cm³/mol. The topological polar surface area (TPSA) is 24.5 Å². The summed E-state index contributed by atoms with van der Waals surface area (Å²) in [6.07, 6.45) is 0. The van der Waals surface area contributed by atoms with Crippen LogP contribution >= 0.6 is 0 Å². The number of rotatable bonds is 4. The summed E-state index contributed by atoms with van der Waals surface area (Å²) in [7, 11) is 0. The molecule has 0 unspecified atom stereocenters. The van der Waals surface area contributed by atoms with Crippen LogP contribution in [0.4, 0.5) is 11.4 Å². The monoisotopic (exact) mass is 268 g/mol. The number of hydrogen-bond donors (Lipinski definition) is 1. The zero-order valence-corrected chi connectivity index (χ0v) is 11.8. The molecule has 20 heavy (non-hydrogen) atoms. The Hall–Kier alpha value is -2.16. The van der Waals surface area contributed by atoms with Gasteiger partial charge in [-0.3, -0.25) is 0 Å². The van der Waals surface area contributed by atoms with Gasteiger partial charge in [-0.15, -0.1) is 0 Å². The first-order chi connectivity index (χ1) is 9.83. The highest BCUT2D eigenvalue weighted by Gasteiger charge is 2.16.